The topological polar surface area (TPSA) is 77.4 Å². The maximum atomic E-state index is 6.15. The lowest BCUT2D eigenvalue weighted by Gasteiger charge is -2.29. The summed E-state index contributed by atoms with van der Waals surface area (Å²) >= 11 is 0. The molecule has 0 bridgehead atoms. The van der Waals surface area contributed by atoms with Crippen molar-refractivity contribution in [3.8, 4) is 17.4 Å². The predicted octanol–water partition coefficient (Wildman–Crippen LogP) is 5.51. The number of ether oxygens (including phenoxy) is 4. The number of anilines is 3. The van der Waals surface area contributed by atoms with E-state index in [-0.39, 0.29) is 0 Å². The monoisotopic (exact) mass is 502 g/mol. The second-order valence-electron chi connectivity index (χ2n) is 9.31. The molecule has 2 aromatic carbocycles. The van der Waals surface area contributed by atoms with Gasteiger partial charge in [-0.25, -0.2) is 0 Å². The number of nitrogens with zero attached hydrogens (tertiary/aromatic N) is 3. The normalized spacial score (nSPS) is 16.7. The summed E-state index contributed by atoms with van der Waals surface area (Å²) in [6.45, 7) is 7.84. The number of fused-ring (bicyclic) bond motifs is 1. The van der Waals surface area contributed by atoms with Crippen LogP contribution in [-0.2, 0) is 11.2 Å². The molecule has 8 nitrogen and oxygen atoms in total. The maximum absolute atomic E-state index is 6.15. The van der Waals surface area contributed by atoms with Crippen molar-refractivity contribution in [2.24, 2.45) is 4.99 Å². The number of hydrogen-bond donors (Lipinski definition) is 1. The fourth-order valence-corrected chi connectivity index (χ4v) is 4.69. The number of nitrogens with one attached hydrogen (secondary N) is 1. The molecule has 0 amide bonds. The highest BCUT2D eigenvalue weighted by molar-refractivity contribution is 5.96. The molecule has 2 aliphatic rings. The van der Waals surface area contributed by atoms with Gasteiger partial charge in [0, 0.05) is 54.6 Å². The number of methoxy groups -OCH3 is 2. The van der Waals surface area contributed by atoms with Gasteiger partial charge in [-0.2, -0.15) is 4.98 Å². The molecule has 37 heavy (non-hydrogen) atoms. The van der Waals surface area contributed by atoms with E-state index in [0.29, 0.717) is 49.5 Å². The standard InChI is InChI=1S/C29H34N4O4/c1-19-20(2)30-25-16-22(6-7-24(19)25)31-28-17-23(33-10-13-36-14-11-33)18-29(32-28)37-12-9-21-5-8-26(34-3)27(15-21)35-4/h5-8,15-19H,9-14H2,1-4H3,(H,31,32). The van der Waals surface area contributed by atoms with Crippen LogP contribution in [0, 0.1) is 0 Å². The van der Waals surface area contributed by atoms with Gasteiger partial charge in [0.05, 0.1) is 39.7 Å². The van der Waals surface area contributed by atoms with Gasteiger partial charge in [0.25, 0.3) is 0 Å². The number of hydrogen-bond acceptors (Lipinski definition) is 8. The lowest BCUT2D eigenvalue weighted by Crippen LogP contribution is -2.36. The Morgan fingerprint density at radius 2 is 1.81 bits per heavy atom. The van der Waals surface area contributed by atoms with Gasteiger partial charge in [0.2, 0.25) is 5.88 Å². The van der Waals surface area contributed by atoms with Crippen molar-refractivity contribution in [3.63, 3.8) is 0 Å². The molecule has 1 N–H and O–H groups in total. The Balaban J connectivity index is 1.34. The SMILES string of the molecule is COc1ccc(CCOc2cc(N3CCOCC3)cc(Nc3ccc4c(c3)N=C(C)C4C)n2)cc1OC. The minimum atomic E-state index is 0.359. The van der Waals surface area contributed by atoms with Crippen LogP contribution < -0.4 is 24.4 Å². The number of pyridine rings is 1. The van der Waals surface area contributed by atoms with Gasteiger partial charge < -0.3 is 29.2 Å². The average Bonchev–Trinajstić information content (AvgIpc) is 3.21. The Kier molecular flexibility index (Phi) is 7.46. The average molecular weight is 503 g/mol. The first-order chi connectivity index (χ1) is 18.0. The highest BCUT2D eigenvalue weighted by Gasteiger charge is 2.20. The van der Waals surface area contributed by atoms with Gasteiger partial charge in [-0.1, -0.05) is 19.1 Å². The molecule has 2 aliphatic heterocycles. The molecular formula is C29H34N4O4. The van der Waals surface area contributed by atoms with E-state index in [4.69, 9.17) is 28.9 Å². The molecule has 0 saturated carbocycles. The van der Waals surface area contributed by atoms with Crippen LogP contribution in [-0.4, -0.2) is 57.8 Å². The first-order valence-corrected chi connectivity index (χ1v) is 12.7. The number of aliphatic imine (C=N–C) groups is 1. The summed E-state index contributed by atoms with van der Waals surface area (Å²) in [4.78, 5) is 11.8. The molecule has 5 rings (SSSR count). The van der Waals surface area contributed by atoms with E-state index in [1.165, 1.54) is 5.56 Å². The molecule has 0 spiro atoms. The largest absolute Gasteiger partial charge is 0.493 e. The Labute approximate surface area is 218 Å². The molecule has 1 unspecified atom stereocenters. The molecule has 194 valence electrons. The van der Waals surface area contributed by atoms with Crippen LogP contribution in [0.2, 0.25) is 0 Å². The smallest absolute Gasteiger partial charge is 0.217 e. The molecule has 1 atom stereocenters. The lowest BCUT2D eigenvalue weighted by molar-refractivity contribution is 0.122. The zero-order valence-electron chi connectivity index (χ0n) is 21.9. The highest BCUT2D eigenvalue weighted by atomic mass is 16.5. The predicted molar refractivity (Wildman–Crippen MR) is 147 cm³/mol. The fourth-order valence-electron chi connectivity index (χ4n) is 4.69. The molecular weight excluding hydrogens is 468 g/mol. The molecule has 1 saturated heterocycles. The summed E-state index contributed by atoms with van der Waals surface area (Å²) in [6, 6.07) is 16.3. The van der Waals surface area contributed by atoms with E-state index < -0.39 is 0 Å². The summed E-state index contributed by atoms with van der Waals surface area (Å²) in [5, 5.41) is 3.47. The van der Waals surface area contributed by atoms with E-state index in [1.54, 1.807) is 14.2 Å². The first-order valence-electron chi connectivity index (χ1n) is 12.7. The van der Waals surface area contributed by atoms with Crippen molar-refractivity contribution in [2.75, 3.05) is 57.3 Å². The number of benzene rings is 2. The minimum Gasteiger partial charge on any atom is -0.493 e. The van der Waals surface area contributed by atoms with Crippen LogP contribution in [0.1, 0.15) is 30.9 Å². The Morgan fingerprint density at radius 1 is 1.00 bits per heavy atom. The van der Waals surface area contributed by atoms with Crippen LogP contribution in [0.25, 0.3) is 0 Å². The van der Waals surface area contributed by atoms with Crippen molar-refractivity contribution in [1.82, 2.24) is 4.98 Å². The molecule has 8 heteroatoms. The molecule has 3 aromatic rings. The lowest BCUT2D eigenvalue weighted by atomic mass is 9.99. The molecule has 0 aliphatic carbocycles. The van der Waals surface area contributed by atoms with Crippen molar-refractivity contribution in [1.29, 1.82) is 0 Å². The maximum Gasteiger partial charge on any atom is 0.217 e. The third-order valence-electron chi connectivity index (χ3n) is 6.94. The number of morpholine rings is 1. The third kappa shape index (κ3) is 5.64. The van der Waals surface area contributed by atoms with Crippen LogP contribution in [0.15, 0.2) is 53.5 Å². The van der Waals surface area contributed by atoms with E-state index in [1.807, 2.05) is 24.3 Å². The van der Waals surface area contributed by atoms with Gasteiger partial charge >= 0.3 is 0 Å². The fraction of sp³-hybridized carbons (Fsp3) is 0.379. The first kappa shape index (κ1) is 24.9. The zero-order valence-corrected chi connectivity index (χ0v) is 21.9. The molecule has 1 aromatic heterocycles. The van der Waals surface area contributed by atoms with Gasteiger partial charge in [0.1, 0.15) is 5.82 Å². The zero-order chi connectivity index (χ0) is 25.8. The summed E-state index contributed by atoms with van der Waals surface area (Å²) in [5.74, 6) is 3.09. The Hall–Kier alpha value is -3.78. The van der Waals surface area contributed by atoms with Crippen LogP contribution >= 0.6 is 0 Å². The van der Waals surface area contributed by atoms with Crippen molar-refractivity contribution >= 4 is 28.6 Å². The molecule has 3 heterocycles. The van der Waals surface area contributed by atoms with Crippen LogP contribution in [0.5, 0.6) is 17.4 Å². The summed E-state index contributed by atoms with van der Waals surface area (Å²) in [6.07, 6.45) is 0.715. The third-order valence-corrected chi connectivity index (χ3v) is 6.94. The van der Waals surface area contributed by atoms with E-state index in [2.05, 4.69) is 48.3 Å². The minimum absolute atomic E-state index is 0.359. The summed E-state index contributed by atoms with van der Waals surface area (Å²) in [7, 11) is 3.28. The van der Waals surface area contributed by atoms with Crippen LogP contribution in [0.3, 0.4) is 0 Å². The van der Waals surface area contributed by atoms with Crippen molar-refractivity contribution < 1.29 is 18.9 Å². The second-order valence-corrected chi connectivity index (χ2v) is 9.31. The molecule has 1 fully saturated rings. The van der Waals surface area contributed by atoms with Gasteiger partial charge in [-0.05, 0) is 42.3 Å². The van der Waals surface area contributed by atoms with Crippen LogP contribution in [0.4, 0.5) is 22.9 Å². The van der Waals surface area contributed by atoms with E-state index in [9.17, 15) is 0 Å². The van der Waals surface area contributed by atoms with Gasteiger partial charge in [0.15, 0.2) is 11.5 Å². The summed E-state index contributed by atoms with van der Waals surface area (Å²) < 4.78 is 22.5. The highest BCUT2D eigenvalue weighted by Crippen LogP contribution is 2.38. The Bertz CT molecular complexity index is 1290. The van der Waals surface area contributed by atoms with Crippen molar-refractivity contribution in [3.05, 3.63) is 59.7 Å². The Morgan fingerprint density at radius 3 is 2.59 bits per heavy atom. The number of aromatic nitrogens is 1. The van der Waals surface area contributed by atoms with E-state index in [0.717, 1.165) is 47.2 Å². The number of rotatable bonds is 9. The molecule has 0 radical (unpaired) electrons. The second kappa shape index (κ2) is 11.1. The quantitative estimate of drug-likeness (QED) is 0.413. The summed E-state index contributed by atoms with van der Waals surface area (Å²) in [5.41, 5.74) is 6.54. The van der Waals surface area contributed by atoms with Gasteiger partial charge in [-0.15, -0.1) is 0 Å². The van der Waals surface area contributed by atoms with E-state index >= 15 is 0 Å². The van der Waals surface area contributed by atoms with Crippen molar-refractivity contribution in [2.45, 2.75) is 26.2 Å². The van der Waals surface area contributed by atoms with Gasteiger partial charge in [-0.3, -0.25) is 4.99 Å².